The molecule has 16 heavy (non-hydrogen) atoms. The highest BCUT2D eigenvalue weighted by atomic mass is 127. The van der Waals surface area contributed by atoms with E-state index in [1.165, 1.54) is 0 Å². The van der Waals surface area contributed by atoms with E-state index in [0.717, 1.165) is 9.26 Å². The van der Waals surface area contributed by atoms with Gasteiger partial charge in [0.2, 0.25) is 5.91 Å². The first-order valence-corrected chi connectivity index (χ1v) is 6.31. The van der Waals surface area contributed by atoms with Gasteiger partial charge in [-0.3, -0.25) is 9.59 Å². The minimum Gasteiger partial charge on any atom is -0.311 e. The molecule has 1 heterocycles. The fraction of sp³-hybridized carbons (Fsp3) is 0.273. The third-order valence-corrected chi connectivity index (χ3v) is 3.56. The van der Waals surface area contributed by atoms with Crippen LogP contribution in [0.25, 0.3) is 0 Å². The molecule has 0 saturated carbocycles. The number of anilines is 1. The molecule has 3 nitrogen and oxygen atoms in total. The number of carbonyl (C=O) groups excluding carboxylic acids is 2. The first-order chi connectivity index (χ1) is 7.58. The third-order valence-electron chi connectivity index (χ3n) is 2.46. The van der Waals surface area contributed by atoms with Crippen LogP contribution in [-0.2, 0) is 9.59 Å². The number of halogens is 2. The SMILES string of the molecule is O=C1CCN(c2ccc(Cl)cc2I)C(=O)C1. The summed E-state index contributed by atoms with van der Waals surface area (Å²) in [6.45, 7) is 0.468. The summed E-state index contributed by atoms with van der Waals surface area (Å²) in [7, 11) is 0. The molecule has 5 heteroatoms. The normalized spacial score (nSPS) is 16.8. The Morgan fingerprint density at radius 1 is 1.31 bits per heavy atom. The standard InChI is InChI=1S/C11H9ClINO2/c12-7-1-2-10(9(13)5-7)14-4-3-8(15)6-11(14)16/h1-2,5H,3-4,6H2. The molecule has 84 valence electrons. The zero-order chi connectivity index (χ0) is 11.7. The molecule has 0 unspecified atom stereocenters. The summed E-state index contributed by atoms with van der Waals surface area (Å²) < 4.78 is 0.924. The van der Waals surface area contributed by atoms with E-state index in [2.05, 4.69) is 22.6 Å². The molecule has 2 rings (SSSR count). The number of piperidine rings is 1. The van der Waals surface area contributed by atoms with Gasteiger partial charge in [0.05, 0.1) is 12.1 Å². The molecule has 1 aliphatic heterocycles. The number of nitrogens with zero attached hydrogens (tertiary/aromatic N) is 1. The first kappa shape index (κ1) is 11.9. The summed E-state index contributed by atoms with van der Waals surface area (Å²) in [5, 5.41) is 0.647. The van der Waals surface area contributed by atoms with Gasteiger partial charge in [0.15, 0.2) is 0 Å². The van der Waals surface area contributed by atoms with Crippen LogP contribution in [0.1, 0.15) is 12.8 Å². The van der Waals surface area contributed by atoms with Crippen LogP contribution in [0.15, 0.2) is 18.2 Å². The average molecular weight is 350 g/mol. The van der Waals surface area contributed by atoms with Crippen molar-refractivity contribution in [3.8, 4) is 0 Å². The highest BCUT2D eigenvalue weighted by Crippen LogP contribution is 2.27. The van der Waals surface area contributed by atoms with E-state index in [1.54, 1.807) is 17.0 Å². The third kappa shape index (κ3) is 2.38. The molecular formula is C11H9ClINO2. The average Bonchev–Trinajstić information content (AvgIpc) is 2.19. The summed E-state index contributed by atoms with van der Waals surface area (Å²) in [4.78, 5) is 24.5. The van der Waals surface area contributed by atoms with Crippen LogP contribution in [0.5, 0.6) is 0 Å². The quantitative estimate of drug-likeness (QED) is 0.577. The summed E-state index contributed by atoms with van der Waals surface area (Å²) in [5.74, 6) is -0.110. The maximum atomic E-state index is 11.7. The van der Waals surface area contributed by atoms with E-state index in [1.807, 2.05) is 6.07 Å². The van der Waals surface area contributed by atoms with Crippen LogP contribution in [0.4, 0.5) is 5.69 Å². The van der Waals surface area contributed by atoms with Gasteiger partial charge < -0.3 is 4.90 Å². The predicted octanol–water partition coefficient (Wildman–Crippen LogP) is 2.64. The molecule has 1 saturated heterocycles. The number of hydrogen-bond donors (Lipinski definition) is 0. The Labute approximate surface area is 112 Å². The number of carbonyl (C=O) groups is 2. The Bertz CT molecular complexity index is 461. The van der Waals surface area contributed by atoms with Crippen molar-refractivity contribution >= 4 is 51.6 Å². The Kier molecular flexibility index (Phi) is 3.49. The maximum absolute atomic E-state index is 11.7. The van der Waals surface area contributed by atoms with Crippen LogP contribution >= 0.6 is 34.2 Å². The number of Topliss-reactive ketones (excluding diaryl/α,β-unsaturated/α-hetero) is 1. The zero-order valence-corrected chi connectivity index (χ0v) is 11.3. The number of amides is 1. The Balaban J connectivity index is 2.30. The van der Waals surface area contributed by atoms with Crippen molar-refractivity contribution in [3.63, 3.8) is 0 Å². The Morgan fingerprint density at radius 2 is 2.06 bits per heavy atom. The fourth-order valence-electron chi connectivity index (χ4n) is 1.67. The van der Waals surface area contributed by atoms with Crippen molar-refractivity contribution in [2.75, 3.05) is 11.4 Å². The molecule has 0 aliphatic carbocycles. The largest absolute Gasteiger partial charge is 0.311 e. The lowest BCUT2D eigenvalue weighted by Crippen LogP contribution is -2.39. The highest BCUT2D eigenvalue weighted by Gasteiger charge is 2.25. The Morgan fingerprint density at radius 3 is 2.69 bits per heavy atom. The molecule has 1 aromatic carbocycles. The number of hydrogen-bond acceptors (Lipinski definition) is 2. The van der Waals surface area contributed by atoms with Crippen LogP contribution in [-0.4, -0.2) is 18.2 Å². The van der Waals surface area contributed by atoms with Gasteiger partial charge in [-0.05, 0) is 40.8 Å². The molecule has 1 amide bonds. The van der Waals surface area contributed by atoms with Gasteiger partial charge in [-0.2, -0.15) is 0 Å². The van der Waals surface area contributed by atoms with Crippen molar-refractivity contribution in [1.82, 2.24) is 0 Å². The summed E-state index contributed by atoms with van der Waals surface area (Å²) in [6.07, 6.45) is 0.448. The molecule has 1 aliphatic rings. The second kappa shape index (κ2) is 4.71. The molecule has 0 N–H and O–H groups in total. The maximum Gasteiger partial charge on any atom is 0.234 e. The van der Waals surface area contributed by atoms with E-state index in [9.17, 15) is 9.59 Å². The summed E-state index contributed by atoms with van der Waals surface area (Å²) >= 11 is 7.99. The van der Waals surface area contributed by atoms with E-state index in [0.29, 0.717) is 18.0 Å². The number of benzene rings is 1. The molecule has 1 aromatic rings. The number of ketones is 1. The van der Waals surface area contributed by atoms with Crippen molar-refractivity contribution in [3.05, 3.63) is 26.8 Å². The van der Waals surface area contributed by atoms with Crippen molar-refractivity contribution in [2.24, 2.45) is 0 Å². The van der Waals surface area contributed by atoms with Crippen LogP contribution < -0.4 is 4.90 Å². The molecule has 0 radical (unpaired) electrons. The van der Waals surface area contributed by atoms with Gasteiger partial charge in [0, 0.05) is 21.6 Å². The lowest BCUT2D eigenvalue weighted by molar-refractivity contribution is -0.128. The van der Waals surface area contributed by atoms with E-state index < -0.39 is 0 Å². The van der Waals surface area contributed by atoms with Crippen LogP contribution in [0.2, 0.25) is 5.02 Å². The molecule has 1 fully saturated rings. The lowest BCUT2D eigenvalue weighted by atomic mass is 10.1. The lowest BCUT2D eigenvalue weighted by Gasteiger charge is -2.27. The fourth-order valence-corrected chi connectivity index (χ4v) is 2.83. The second-order valence-corrected chi connectivity index (χ2v) is 5.21. The molecular weight excluding hydrogens is 340 g/mol. The van der Waals surface area contributed by atoms with E-state index in [-0.39, 0.29) is 18.1 Å². The van der Waals surface area contributed by atoms with Gasteiger partial charge in [0.25, 0.3) is 0 Å². The van der Waals surface area contributed by atoms with Gasteiger partial charge in [0.1, 0.15) is 5.78 Å². The zero-order valence-electron chi connectivity index (χ0n) is 8.37. The van der Waals surface area contributed by atoms with Gasteiger partial charge >= 0.3 is 0 Å². The van der Waals surface area contributed by atoms with Gasteiger partial charge in [-0.25, -0.2) is 0 Å². The molecule has 0 aromatic heterocycles. The molecule has 0 atom stereocenters. The first-order valence-electron chi connectivity index (χ1n) is 4.85. The summed E-state index contributed by atoms with van der Waals surface area (Å²) in [6, 6.07) is 5.38. The second-order valence-electron chi connectivity index (χ2n) is 3.61. The van der Waals surface area contributed by atoms with Crippen molar-refractivity contribution in [1.29, 1.82) is 0 Å². The van der Waals surface area contributed by atoms with E-state index in [4.69, 9.17) is 11.6 Å². The van der Waals surface area contributed by atoms with Crippen LogP contribution in [0.3, 0.4) is 0 Å². The Hall–Kier alpha value is -0.620. The smallest absolute Gasteiger partial charge is 0.234 e. The minimum atomic E-state index is -0.128. The predicted molar refractivity (Wildman–Crippen MR) is 70.8 cm³/mol. The molecule has 0 bridgehead atoms. The topological polar surface area (TPSA) is 37.4 Å². The molecule has 0 spiro atoms. The summed E-state index contributed by atoms with van der Waals surface area (Å²) in [5.41, 5.74) is 0.836. The monoisotopic (exact) mass is 349 g/mol. The van der Waals surface area contributed by atoms with Crippen LogP contribution in [0, 0.1) is 3.57 Å². The van der Waals surface area contributed by atoms with E-state index >= 15 is 0 Å². The van der Waals surface area contributed by atoms with Crippen molar-refractivity contribution < 1.29 is 9.59 Å². The number of rotatable bonds is 1. The minimum absolute atomic E-state index is 0.0126. The van der Waals surface area contributed by atoms with Crippen molar-refractivity contribution in [2.45, 2.75) is 12.8 Å². The van der Waals surface area contributed by atoms with Gasteiger partial charge in [-0.15, -0.1) is 0 Å². The highest BCUT2D eigenvalue weighted by molar-refractivity contribution is 14.1. The van der Waals surface area contributed by atoms with Gasteiger partial charge in [-0.1, -0.05) is 11.6 Å².